The van der Waals surface area contributed by atoms with Crippen molar-refractivity contribution in [3.05, 3.63) is 70.9 Å². The number of hydrogen-bond donors (Lipinski definition) is 0. The van der Waals surface area contributed by atoms with Crippen LogP contribution in [0.4, 0.5) is 0 Å². The highest BCUT2D eigenvalue weighted by atomic mass is 35.5. The highest BCUT2D eigenvalue weighted by Gasteiger charge is 2.04. The number of hydrogen-bond acceptors (Lipinski definition) is 2. The molecule has 3 aromatic rings. The van der Waals surface area contributed by atoms with Crippen LogP contribution in [0.2, 0.25) is 5.02 Å². The van der Waals surface area contributed by atoms with E-state index in [1.54, 1.807) is 0 Å². The summed E-state index contributed by atoms with van der Waals surface area (Å²) in [5.74, 6) is 0.774. The predicted molar refractivity (Wildman–Crippen MR) is 82.3 cm³/mol. The fourth-order valence-corrected chi connectivity index (χ4v) is 2.41. The van der Waals surface area contributed by atoms with Gasteiger partial charge in [0, 0.05) is 21.7 Å². The van der Waals surface area contributed by atoms with Gasteiger partial charge in [0.05, 0.1) is 5.52 Å². The monoisotopic (exact) mass is 283 g/mol. The van der Waals surface area contributed by atoms with Crippen LogP contribution in [0.1, 0.15) is 11.3 Å². The van der Waals surface area contributed by atoms with Crippen LogP contribution in [0.25, 0.3) is 10.9 Å². The quantitative estimate of drug-likeness (QED) is 0.690. The second-order valence-corrected chi connectivity index (χ2v) is 5.12. The number of aryl methyl sites for hydroxylation is 1. The lowest BCUT2D eigenvalue weighted by atomic mass is 10.1. The van der Waals surface area contributed by atoms with Gasteiger partial charge in [-0.05, 0) is 37.3 Å². The molecular formula is C17H14ClNO. The molecule has 0 radical (unpaired) electrons. The zero-order valence-corrected chi connectivity index (χ0v) is 11.9. The van der Waals surface area contributed by atoms with Gasteiger partial charge < -0.3 is 4.74 Å². The molecule has 0 unspecified atom stereocenters. The minimum atomic E-state index is 0.504. The Kier molecular flexibility index (Phi) is 3.57. The van der Waals surface area contributed by atoms with E-state index < -0.39 is 0 Å². The van der Waals surface area contributed by atoms with E-state index in [1.165, 1.54) is 0 Å². The Balaban J connectivity index is 1.91. The van der Waals surface area contributed by atoms with E-state index in [4.69, 9.17) is 16.3 Å². The molecule has 0 amide bonds. The fourth-order valence-electron chi connectivity index (χ4n) is 2.23. The highest BCUT2D eigenvalue weighted by Crippen LogP contribution is 2.22. The molecule has 0 aliphatic rings. The minimum absolute atomic E-state index is 0.504. The average Bonchev–Trinajstić information content (AvgIpc) is 2.44. The number of pyridine rings is 1. The van der Waals surface area contributed by atoms with E-state index in [0.717, 1.165) is 27.9 Å². The third-order valence-corrected chi connectivity index (χ3v) is 3.36. The SMILES string of the molecule is Cc1cc(COc2cccc(Cl)c2)c2ccccc2n1. The molecule has 3 rings (SSSR count). The smallest absolute Gasteiger partial charge is 0.121 e. The topological polar surface area (TPSA) is 22.1 Å². The molecule has 3 heteroatoms. The molecule has 0 saturated heterocycles. The van der Waals surface area contributed by atoms with Crippen molar-refractivity contribution in [2.45, 2.75) is 13.5 Å². The third-order valence-electron chi connectivity index (χ3n) is 3.12. The molecule has 0 aliphatic heterocycles. The molecule has 100 valence electrons. The van der Waals surface area contributed by atoms with Gasteiger partial charge in [-0.2, -0.15) is 0 Å². The molecule has 0 aliphatic carbocycles. The molecule has 2 aromatic carbocycles. The standard InChI is InChI=1S/C17H14ClNO/c1-12-9-13(16-7-2-3-8-17(16)19-12)11-20-15-6-4-5-14(18)10-15/h2-10H,11H2,1H3. The molecule has 0 atom stereocenters. The number of para-hydroxylation sites is 1. The van der Waals surface area contributed by atoms with Gasteiger partial charge in [0.15, 0.2) is 0 Å². The second-order valence-electron chi connectivity index (χ2n) is 4.69. The van der Waals surface area contributed by atoms with Crippen LogP contribution < -0.4 is 4.74 Å². The Hall–Kier alpha value is -2.06. The van der Waals surface area contributed by atoms with Crippen molar-refractivity contribution in [1.82, 2.24) is 4.98 Å². The van der Waals surface area contributed by atoms with Gasteiger partial charge in [-0.1, -0.05) is 35.9 Å². The van der Waals surface area contributed by atoms with Crippen molar-refractivity contribution in [3.63, 3.8) is 0 Å². The first-order chi connectivity index (χ1) is 9.72. The number of fused-ring (bicyclic) bond motifs is 1. The van der Waals surface area contributed by atoms with Gasteiger partial charge in [0.2, 0.25) is 0 Å². The summed E-state index contributed by atoms with van der Waals surface area (Å²) < 4.78 is 5.82. The molecule has 0 bridgehead atoms. The molecule has 0 saturated carbocycles. The van der Waals surface area contributed by atoms with Crippen molar-refractivity contribution in [2.24, 2.45) is 0 Å². The maximum atomic E-state index is 5.96. The van der Waals surface area contributed by atoms with E-state index in [9.17, 15) is 0 Å². The van der Waals surface area contributed by atoms with E-state index in [2.05, 4.69) is 17.1 Å². The first-order valence-electron chi connectivity index (χ1n) is 6.46. The molecule has 0 spiro atoms. The van der Waals surface area contributed by atoms with Gasteiger partial charge in [-0.15, -0.1) is 0 Å². The Bertz CT molecular complexity index is 755. The Morgan fingerprint density at radius 2 is 1.90 bits per heavy atom. The normalized spacial score (nSPS) is 10.7. The van der Waals surface area contributed by atoms with Crippen LogP contribution in [0.15, 0.2) is 54.6 Å². The Morgan fingerprint density at radius 3 is 2.75 bits per heavy atom. The fraction of sp³-hybridized carbons (Fsp3) is 0.118. The van der Waals surface area contributed by atoms with E-state index in [-0.39, 0.29) is 0 Å². The van der Waals surface area contributed by atoms with Crippen molar-refractivity contribution >= 4 is 22.5 Å². The lowest BCUT2D eigenvalue weighted by Gasteiger charge is -2.10. The van der Waals surface area contributed by atoms with Crippen LogP contribution >= 0.6 is 11.6 Å². The number of halogens is 1. The van der Waals surface area contributed by atoms with Gasteiger partial charge in [-0.25, -0.2) is 0 Å². The van der Waals surface area contributed by atoms with E-state index in [0.29, 0.717) is 11.6 Å². The summed E-state index contributed by atoms with van der Waals surface area (Å²) in [4.78, 5) is 4.53. The van der Waals surface area contributed by atoms with Crippen LogP contribution in [0.5, 0.6) is 5.75 Å². The average molecular weight is 284 g/mol. The lowest BCUT2D eigenvalue weighted by molar-refractivity contribution is 0.307. The number of rotatable bonds is 3. The Morgan fingerprint density at radius 1 is 1.05 bits per heavy atom. The zero-order valence-electron chi connectivity index (χ0n) is 11.1. The van der Waals surface area contributed by atoms with Crippen molar-refractivity contribution in [1.29, 1.82) is 0 Å². The molecule has 20 heavy (non-hydrogen) atoms. The summed E-state index contributed by atoms with van der Waals surface area (Å²) >= 11 is 5.96. The molecular weight excluding hydrogens is 270 g/mol. The molecule has 1 heterocycles. The summed E-state index contributed by atoms with van der Waals surface area (Å²) in [5.41, 5.74) is 3.12. The maximum absolute atomic E-state index is 5.96. The van der Waals surface area contributed by atoms with Crippen LogP contribution in [-0.2, 0) is 6.61 Å². The van der Waals surface area contributed by atoms with Crippen molar-refractivity contribution in [3.8, 4) is 5.75 Å². The van der Waals surface area contributed by atoms with Crippen LogP contribution in [0.3, 0.4) is 0 Å². The van der Waals surface area contributed by atoms with E-state index >= 15 is 0 Å². The minimum Gasteiger partial charge on any atom is -0.489 e. The summed E-state index contributed by atoms with van der Waals surface area (Å²) in [5, 5.41) is 1.80. The molecule has 0 fully saturated rings. The Labute approximate surface area is 123 Å². The summed E-state index contributed by atoms with van der Waals surface area (Å²) in [6.45, 7) is 2.50. The molecule has 0 N–H and O–H groups in total. The van der Waals surface area contributed by atoms with E-state index in [1.807, 2.05) is 49.4 Å². The summed E-state index contributed by atoms with van der Waals surface area (Å²) in [6, 6.07) is 17.6. The van der Waals surface area contributed by atoms with Crippen molar-refractivity contribution in [2.75, 3.05) is 0 Å². The van der Waals surface area contributed by atoms with Gasteiger partial charge in [0.1, 0.15) is 12.4 Å². The maximum Gasteiger partial charge on any atom is 0.121 e. The first kappa shape index (κ1) is 12.9. The largest absolute Gasteiger partial charge is 0.489 e. The first-order valence-corrected chi connectivity index (χ1v) is 6.84. The lowest BCUT2D eigenvalue weighted by Crippen LogP contribution is -1.98. The third kappa shape index (κ3) is 2.75. The predicted octanol–water partition coefficient (Wildman–Crippen LogP) is 4.78. The zero-order chi connectivity index (χ0) is 13.9. The summed E-state index contributed by atoms with van der Waals surface area (Å²) in [6.07, 6.45) is 0. The van der Waals surface area contributed by atoms with Gasteiger partial charge in [0.25, 0.3) is 0 Å². The van der Waals surface area contributed by atoms with Gasteiger partial charge >= 0.3 is 0 Å². The van der Waals surface area contributed by atoms with Crippen LogP contribution in [0, 0.1) is 6.92 Å². The highest BCUT2D eigenvalue weighted by molar-refractivity contribution is 6.30. The molecule has 2 nitrogen and oxygen atoms in total. The van der Waals surface area contributed by atoms with Gasteiger partial charge in [-0.3, -0.25) is 4.98 Å². The number of ether oxygens (including phenoxy) is 1. The number of aromatic nitrogens is 1. The molecule has 1 aromatic heterocycles. The second kappa shape index (κ2) is 5.51. The van der Waals surface area contributed by atoms with Crippen molar-refractivity contribution < 1.29 is 4.74 Å². The number of nitrogens with zero attached hydrogens (tertiary/aromatic N) is 1. The summed E-state index contributed by atoms with van der Waals surface area (Å²) in [7, 11) is 0. The number of benzene rings is 2. The van der Waals surface area contributed by atoms with Crippen LogP contribution in [-0.4, -0.2) is 4.98 Å².